The fourth-order valence-electron chi connectivity index (χ4n) is 1.54. The molecule has 4 nitrogen and oxygen atoms in total. The average Bonchev–Trinajstić information content (AvgIpc) is 2.38. The van der Waals surface area contributed by atoms with Crippen molar-refractivity contribution in [3.8, 4) is 0 Å². The SMILES string of the molecule is CCCNc1ncc(F)c(Nc2cc(Cl)cc(Cl)c2)n1. The maximum atomic E-state index is 13.7. The van der Waals surface area contributed by atoms with Crippen molar-refractivity contribution in [2.24, 2.45) is 0 Å². The predicted octanol–water partition coefficient (Wildman–Crippen LogP) is 4.49. The van der Waals surface area contributed by atoms with Crippen molar-refractivity contribution in [2.45, 2.75) is 13.3 Å². The van der Waals surface area contributed by atoms with Gasteiger partial charge in [-0.1, -0.05) is 30.1 Å². The fraction of sp³-hybridized carbons (Fsp3) is 0.231. The Morgan fingerprint density at radius 2 is 1.90 bits per heavy atom. The van der Waals surface area contributed by atoms with E-state index < -0.39 is 5.82 Å². The van der Waals surface area contributed by atoms with Crippen LogP contribution in [0.2, 0.25) is 10.0 Å². The van der Waals surface area contributed by atoms with Crippen molar-refractivity contribution in [1.82, 2.24) is 9.97 Å². The third kappa shape index (κ3) is 3.95. The molecule has 0 aliphatic carbocycles. The lowest BCUT2D eigenvalue weighted by Crippen LogP contribution is -2.07. The third-order valence-corrected chi connectivity index (χ3v) is 2.84. The van der Waals surface area contributed by atoms with E-state index in [4.69, 9.17) is 23.2 Å². The molecular weight excluding hydrogens is 302 g/mol. The number of aromatic nitrogens is 2. The van der Waals surface area contributed by atoms with Crippen LogP contribution in [0.15, 0.2) is 24.4 Å². The lowest BCUT2D eigenvalue weighted by Gasteiger charge is -2.09. The molecule has 0 saturated heterocycles. The Bertz CT molecular complexity index is 587. The second kappa shape index (κ2) is 6.72. The molecule has 0 atom stereocenters. The van der Waals surface area contributed by atoms with Gasteiger partial charge in [0.2, 0.25) is 5.95 Å². The van der Waals surface area contributed by atoms with Crippen molar-refractivity contribution < 1.29 is 4.39 Å². The maximum absolute atomic E-state index is 13.7. The number of nitrogens with one attached hydrogen (secondary N) is 2. The van der Waals surface area contributed by atoms with Crippen LogP contribution in [0.3, 0.4) is 0 Å². The van der Waals surface area contributed by atoms with Crippen molar-refractivity contribution in [3.63, 3.8) is 0 Å². The third-order valence-electron chi connectivity index (χ3n) is 2.40. The van der Waals surface area contributed by atoms with Crippen LogP contribution < -0.4 is 10.6 Å². The first kappa shape index (κ1) is 14.8. The minimum atomic E-state index is -0.553. The zero-order valence-electron chi connectivity index (χ0n) is 10.8. The van der Waals surface area contributed by atoms with Crippen LogP contribution in [0.25, 0.3) is 0 Å². The smallest absolute Gasteiger partial charge is 0.224 e. The number of anilines is 3. The first-order valence-electron chi connectivity index (χ1n) is 6.08. The van der Waals surface area contributed by atoms with Crippen LogP contribution in [0.4, 0.5) is 21.8 Å². The van der Waals surface area contributed by atoms with Crippen LogP contribution in [0.5, 0.6) is 0 Å². The summed E-state index contributed by atoms with van der Waals surface area (Å²) in [4.78, 5) is 7.93. The van der Waals surface area contributed by atoms with Gasteiger partial charge in [-0.3, -0.25) is 0 Å². The minimum Gasteiger partial charge on any atom is -0.354 e. The largest absolute Gasteiger partial charge is 0.354 e. The summed E-state index contributed by atoms with van der Waals surface area (Å²) >= 11 is 11.8. The van der Waals surface area contributed by atoms with E-state index in [1.807, 2.05) is 6.92 Å². The van der Waals surface area contributed by atoms with Crippen molar-refractivity contribution >= 4 is 40.7 Å². The summed E-state index contributed by atoms with van der Waals surface area (Å²) in [6, 6.07) is 4.86. The second-order valence-corrected chi connectivity index (χ2v) is 4.97. The molecule has 0 aliphatic heterocycles. The Kier molecular flexibility index (Phi) is 4.98. The van der Waals surface area contributed by atoms with Gasteiger partial charge in [0, 0.05) is 22.3 Å². The summed E-state index contributed by atoms with van der Waals surface area (Å²) in [6.07, 6.45) is 2.03. The maximum Gasteiger partial charge on any atom is 0.224 e. The Balaban J connectivity index is 2.23. The molecule has 2 N–H and O–H groups in total. The van der Waals surface area contributed by atoms with Crippen LogP contribution in [0.1, 0.15) is 13.3 Å². The quantitative estimate of drug-likeness (QED) is 0.853. The lowest BCUT2D eigenvalue weighted by molar-refractivity contribution is 0.619. The van der Waals surface area contributed by atoms with Crippen LogP contribution in [-0.2, 0) is 0 Å². The molecule has 7 heteroatoms. The van der Waals surface area contributed by atoms with E-state index in [9.17, 15) is 4.39 Å². The molecule has 20 heavy (non-hydrogen) atoms. The van der Waals surface area contributed by atoms with E-state index in [0.717, 1.165) is 12.6 Å². The summed E-state index contributed by atoms with van der Waals surface area (Å²) < 4.78 is 13.7. The summed E-state index contributed by atoms with van der Waals surface area (Å²) in [5.41, 5.74) is 0.557. The number of halogens is 3. The van der Waals surface area contributed by atoms with Crippen LogP contribution in [-0.4, -0.2) is 16.5 Å². The molecule has 1 heterocycles. The Morgan fingerprint density at radius 3 is 2.55 bits per heavy atom. The molecule has 0 radical (unpaired) electrons. The van der Waals surface area contributed by atoms with E-state index in [1.54, 1.807) is 18.2 Å². The van der Waals surface area contributed by atoms with Gasteiger partial charge in [-0.2, -0.15) is 4.98 Å². The number of benzene rings is 1. The van der Waals surface area contributed by atoms with E-state index >= 15 is 0 Å². The Morgan fingerprint density at radius 1 is 1.20 bits per heavy atom. The zero-order valence-corrected chi connectivity index (χ0v) is 12.3. The van der Waals surface area contributed by atoms with Gasteiger partial charge < -0.3 is 10.6 Å². The predicted molar refractivity (Wildman–Crippen MR) is 80.5 cm³/mol. The van der Waals surface area contributed by atoms with E-state index in [-0.39, 0.29) is 5.82 Å². The Hall–Kier alpha value is -1.59. The van der Waals surface area contributed by atoms with Gasteiger partial charge >= 0.3 is 0 Å². The van der Waals surface area contributed by atoms with Crippen LogP contribution >= 0.6 is 23.2 Å². The summed E-state index contributed by atoms with van der Waals surface area (Å²) in [5.74, 6) is -0.121. The van der Waals surface area contributed by atoms with Gasteiger partial charge in [0.1, 0.15) is 0 Å². The first-order valence-corrected chi connectivity index (χ1v) is 6.83. The van der Waals surface area contributed by atoms with Gasteiger partial charge in [0.25, 0.3) is 0 Å². The highest BCUT2D eigenvalue weighted by Crippen LogP contribution is 2.25. The van der Waals surface area contributed by atoms with Gasteiger partial charge in [-0.25, -0.2) is 9.37 Å². The topological polar surface area (TPSA) is 49.8 Å². The van der Waals surface area contributed by atoms with Gasteiger partial charge in [-0.05, 0) is 24.6 Å². The van der Waals surface area contributed by atoms with Gasteiger partial charge in [-0.15, -0.1) is 0 Å². The summed E-state index contributed by atoms with van der Waals surface area (Å²) in [7, 11) is 0. The van der Waals surface area contributed by atoms with Crippen molar-refractivity contribution in [3.05, 3.63) is 40.3 Å². The second-order valence-electron chi connectivity index (χ2n) is 4.10. The average molecular weight is 315 g/mol. The zero-order chi connectivity index (χ0) is 14.5. The van der Waals surface area contributed by atoms with Gasteiger partial charge in [0.05, 0.1) is 6.20 Å². The fourth-order valence-corrected chi connectivity index (χ4v) is 2.07. The number of rotatable bonds is 5. The number of hydrogen-bond acceptors (Lipinski definition) is 4. The van der Waals surface area contributed by atoms with Crippen molar-refractivity contribution in [1.29, 1.82) is 0 Å². The number of nitrogens with zero attached hydrogens (tertiary/aromatic N) is 2. The molecular formula is C13H13Cl2FN4. The lowest BCUT2D eigenvalue weighted by atomic mass is 10.3. The molecule has 0 fully saturated rings. The van der Waals surface area contributed by atoms with E-state index in [1.165, 1.54) is 0 Å². The standard InChI is InChI=1S/C13H13Cl2FN4/c1-2-3-17-13-18-7-11(16)12(20-13)19-10-5-8(14)4-9(15)6-10/h4-7H,2-3H2,1H3,(H2,17,18,19,20). The molecule has 2 rings (SSSR count). The molecule has 0 aliphatic rings. The monoisotopic (exact) mass is 314 g/mol. The summed E-state index contributed by atoms with van der Waals surface area (Å²) in [5, 5.41) is 6.74. The molecule has 0 bridgehead atoms. The summed E-state index contributed by atoms with van der Waals surface area (Å²) in [6.45, 7) is 2.73. The molecule has 0 saturated carbocycles. The number of hydrogen-bond donors (Lipinski definition) is 2. The molecule has 1 aromatic carbocycles. The normalized spacial score (nSPS) is 10.4. The molecule has 0 amide bonds. The highest BCUT2D eigenvalue weighted by molar-refractivity contribution is 6.35. The minimum absolute atomic E-state index is 0.0666. The molecule has 2 aromatic rings. The van der Waals surface area contributed by atoms with Crippen LogP contribution in [0, 0.1) is 5.82 Å². The highest BCUT2D eigenvalue weighted by Gasteiger charge is 2.08. The first-order chi connectivity index (χ1) is 9.58. The molecule has 106 valence electrons. The molecule has 0 spiro atoms. The van der Waals surface area contributed by atoms with Gasteiger partial charge in [0.15, 0.2) is 11.6 Å². The highest BCUT2D eigenvalue weighted by atomic mass is 35.5. The molecule has 1 aromatic heterocycles. The van der Waals surface area contributed by atoms with E-state index in [0.29, 0.717) is 28.2 Å². The molecule has 0 unspecified atom stereocenters. The Labute approximate surface area is 126 Å². The van der Waals surface area contributed by atoms with Crippen molar-refractivity contribution in [2.75, 3.05) is 17.2 Å². The van der Waals surface area contributed by atoms with E-state index in [2.05, 4.69) is 20.6 Å².